The first kappa shape index (κ1) is 34.7. The number of carboxylic acid groups (broad SMARTS) is 1. The van der Waals surface area contributed by atoms with Crippen molar-refractivity contribution in [1.82, 2.24) is 0 Å². The lowest BCUT2D eigenvalue weighted by atomic mass is 9.78. The van der Waals surface area contributed by atoms with Crippen LogP contribution in [0.25, 0.3) is 0 Å². The zero-order chi connectivity index (χ0) is 30.5. The molecule has 40 heavy (non-hydrogen) atoms. The number of carbonyl (C=O) groups excluding carboxylic acids is 3. The van der Waals surface area contributed by atoms with Gasteiger partial charge in [-0.3, -0.25) is 9.59 Å². The van der Waals surface area contributed by atoms with Crippen molar-refractivity contribution >= 4 is 24.2 Å². The first-order valence-electron chi connectivity index (χ1n) is 13.8. The van der Waals surface area contributed by atoms with Crippen LogP contribution in [0, 0.1) is 17.8 Å². The Bertz CT molecular complexity index is 997. The van der Waals surface area contributed by atoms with E-state index in [1.165, 1.54) is 18.2 Å². The fourth-order valence-electron chi connectivity index (χ4n) is 3.48. The number of aliphatic carboxylic acids is 1. The van der Waals surface area contributed by atoms with Crippen LogP contribution in [0.1, 0.15) is 79.7 Å². The van der Waals surface area contributed by atoms with Crippen LogP contribution in [0.2, 0.25) is 0 Å². The van der Waals surface area contributed by atoms with Gasteiger partial charge in [0.2, 0.25) is 0 Å². The van der Waals surface area contributed by atoms with Gasteiger partial charge in [-0.25, -0.2) is 9.59 Å². The normalized spacial score (nSPS) is 15.5. The van der Waals surface area contributed by atoms with Crippen molar-refractivity contribution in [2.45, 2.75) is 92.2 Å². The highest BCUT2D eigenvalue weighted by molar-refractivity contribution is 5.80. The first-order valence-corrected chi connectivity index (χ1v) is 13.8. The van der Waals surface area contributed by atoms with Crippen LogP contribution in [0.15, 0.2) is 18.2 Å². The summed E-state index contributed by atoms with van der Waals surface area (Å²) in [7, 11) is 0. The molecule has 0 fully saturated rings. The Morgan fingerprint density at radius 2 is 1.40 bits per heavy atom. The Morgan fingerprint density at radius 3 is 1.88 bits per heavy atom. The van der Waals surface area contributed by atoms with Gasteiger partial charge < -0.3 is 34.5 Å². The molecule has 0 aromatic heterocycles. The van der Waals surface area contributed by atoms with Crippen molar-refractivity contribution in [2.24, 2.45) is 23.5 Å². The number of benzene rings is 1. The molecule has 0 spiro atoms. The summed E-state index contributed by atoms with van der Waals surface area (Å²) in [4.78, 5) is 49.0. The maximum Gasteiger partial charge on any atom is 0.513 e. The smallest absolute Gasteiger partial charge is 0.480 e. The molecule has 1 aromatic carbocycles. The van der Waals surface area contributed by atoms with Crippen LogP contribution in [0.3, 0.4) is 0 Å². The monoisotopic (exact) mass is 567 g/mol. The van der Waals surface area contributed by atoms with E-state index in [4.69, 9.17) is 29.4 Å². The van der Waals surface area contributed by atoms with Crippen molar-refractivity contribution in [3.63, 3.8) is 0 Å². The average molecular weight is 568 g/mol. The third-order valence-electron chi connectivity index (χ3n) is 6.94. The highest BCUT2D eigenvalue weighted by Crippen LogP contribution is 2.33. The molecule has 0 aliphatic heterocycles. The Hall–Kier alpha value is -3.34. The molecule has 0 amide bonds. The summed E-state index contributed by atoms with van der Waals surface area (Å²) in [5.74, 6) is -2.59. The highest BCUT2D eigenvalue weighted by Gasteiger charge is 2.44. The fourth-order valence-corrected chi connectivity index (χ4v) is 3.48. The van der Waals surface area contributed by atoms with E-state index in [1.54, 1.807) is 13.8 Å². The maximum atomic E-state index is 12.4. The molecule has 3 N–H and O–H groups in total. The molecule has 0 saturated carbocycles. The van der Waals surface area contributed by atoms with Gasteiger partial charge in [0.25, 0.3) is 0 Å². The molecule has 226 valence electrons. The number of carbonyl (C=O) groups is 4. The Kier molecular flexibility index (Phi) is 14.5. The molecule has 11 heteroatoms. The van der Waals surface area contributed by atoms with Gasteiger partial charge in [-0.05, 0) is 42.9 Å². The third-order valence-corrected chi connectivity index (χ3v) is 6.94. The fraction of sp³-hybridized carbons (Fsp3) is 0.655. The number of rotatable bonds is 16. The van der Waals surface area contributed by atoms with E-state index < -0.39 is 41.8 Å². The van der Waals surface area contributed by atoms with Crippen molar-refractivity contribution in [1.29, 1.82) is 0 Å². The summed E-state index contributed by atoms with van der Waals surface area (Å²) in [6.45, 7) is 13.0. The van der Waals surface area contributed by atoms with E-state index >= 15 is 0 Å². The third kappa shape index (κ3) is 11.0. The number of nitrogens with two attached hydrogens (primary N) is 1. The molecule has 0 saturated heterocycles. The largest absolute Gasteiger partial charge is 0.513 e. The molecule has 0 aliphatic rings. The van der Waals surface area contributed by atoms with Crippen LogP contribution in [0.5, 0.6) is 11.5 Å². The number of hydrogen-bond donors (Lipinski definition) is 2. The molecule has 5 atom stereocenters. The molecule has 2 unspecified atom stereocenters. The van der Waals surface area contributed by atoms with Gasteiger partial charge in [-0.1, -0.05) is 60.5 Å². The zero-order valence-corrected chi connectivity index (χ0v) is 24.7. The van der Waals surface area contributed by atoms with Crippen molar-refractivity contribution in [3.8, 4) is 11.5 Å². The predicted octanol–water partition coefficient (Wildman–Crippen LogP) is 5.50. The SMILES string of the molecule is CCCC(=O)O[C@@H](C)[C@@H](C)[C@](N)(Cc1ccc(OC(=O)OCC(C)CC)c(OC(=O)OCC(C)CC)c1)C(=O)O. The summed E-state index contributed by atoms with van der Waals surface area (Å²) < 4.78 is 26.3. The van der Waals surface area contributed by atoms with E-state index in [0.717, 1.165) is 12.8 Å². The lowest BCUT2D eigenvalue weighted by Gasteiger charge is -2.35. The van der Waals surface area contributed by atoms with Crippen LogP contribution in [-0.2, 0) is 30.2 Å². The van der Waals surface area contributed by atoms with Crippen molar-refractivity contribution in [2.75, 3.05) is 13.2 Å². The minimum Gasteiger partial charge on any atom is -0.480 e. The van der Waals surface area contributed by atoms with Crippen LogP contribution in [0.4, 0.5) is 9.59 Å². The van der Waals surface area contributed by atoms with Crippen molar-refractivity contribution < 1.29 is 48.0 Å². The molecule has 1 aromatic rings. The van der Waals surface area contributed by atoms with Gasteiger partial charge in [0.15, 0.2) is 11.5 Å². The summed E-state index contributed by atoms with van der Waals surface area (Å²) >= 11 is 0. The molecule has 0 heterocycles. The topological polar surface area (TPSA) is 161 Å². The Labute approximate surface area is 236 Å². The predicted molar refractivity (Wildman–Crippen MR) is 147 cm³/mol. The highest BCUT2D eigenvalue weighted by atomic mass is 16.7. The molecule has 0 aliphatic carbocycles. The number of ether oxygens (including phenoxy) is 5. The van der Waals surface area contributed by atoms with Crippen LogP contribution >= 0.6 is 0 Å². The lowest BCUT2D eigenvalue weighted by molar-refractivity contribution is -0.157. The molecular formula is C29H45NO10. The Morgan fingerprint density at radius 1 is 0.875 bits per heavy atom. The zero-order valence-electron chi connectivity index (χ0n) is 24.7. The van der Waals surface area contributed by atoms with E-state index in [2.05, 4.69) is 0 Å². The van der Waals surface area contributed by atoms with Crippen LogP contribution in [-0.4, -0.2) is 54.2 Å². The number of esters is 1. The van der Waals surface area contributed by atoms with Crippen molar-refractivity contribution in [3.05, 3.63) is 23.8 Å². The molecule has 0 radical (unpaired) electrons. The quantitative estimate of drug-likeness (QED) is 0.147. The van der Waals surface area contributed by atoms with E-state index in [0.29, 0.717) is 12.0 Å². The van der Waals surface area contributed by atoms with Gasteiger partial charge in [-0.15, -0.1) is 0 Å². The minimum absolute atomic E-state index is 0.105. The summed E-state index contributed by atoms with van der Waals surface area (Å²) in [6.07, 6.45) is -0.607. The van der Waals surface area contributed by atoms with Gasteiger partial charge in [0.1, 0.15) is 11.6 Å². The molecule has 1 rings (SSSR count). The standard InChI is InChI=1S/C29H45NO10/c1-8-11-25(31)38-21(7)20(6)29(30,26(32)33)15-22-12-13-23(39-27(34)36-16-18(4)9-2)24(14-22)40-28(35)37-17-19(5)10-3/h12-14,18-21H,8-11,15-17,30H2,1-7H3,(H,32,33)/t18?,19?,20-,21+,29-/m1/s1. The second-order valence-electron chi connectivity index (χ2n) is 10.4. The van der Waals surface area contributed by atoms with Gasteiger partial charge >= 0.3 is 24.2 Å². The maximum absolute atomic E-state index is 12.4. The second kappa shape index (κ2) is 16.7. The van der Waals surface area contributed by atoms with E-state index in [1.807, 2.05) is 34.6 Å². The van der Waals surface area contributed by atoms with Gasteiger partial charge in [0.05, 0.1) is 13.2 Å². The number of carboxylic acids is 1. The summed E-state index contributed by atoms with van der Waals surface area (Å²) in [5.41, 5.74) is 4.91. The first-order chi connectivity index (χ1) is 18.8. The summed E-state index contributed by atoms with van der Waals surface area (Å²) in [6, 6.07) is 4.21. The Balaban J connectivity index is 3.25. The molecule has 11 nitrogen and oxygen atoms in total. The molecule has 0 bridgehead atoms. The van der Waals surface area contributed by atoms with Crippen LogP contribution < -0.4 is 15.2 Å². The van der Waals surface area contributed by atoms with Gasteiger partial charge in [-0.2, -0.15) is 0 Å². The lowest BCUT2D eigenvalue weighted by Crippen LogP contribution is -2.58. The molecular weight excluding hydrogens is 522 g/mol. The minimum atomic E-state index is -1.85. The summed E-state index contributed by atoms with van der Waals surface area (Å²) in [5, 5.41) is 10.1. The number of hydrogen-bond acceptors (Lipinski definition) is 10. The van der Waals surface area contributed by atoms with Gasteiger partial charge in [0, 0.05) is 18.8 Å². The second-order valence-corrected chi connectivity index (χ2v) is 10.4. The van der Waals surface area contributed by atoms with E-state index in [9.17, 15) is 24.3 Å². The van der Waals surface area contributed by atoms with E-state index in [-0.39, 0.29) is 49.4 Å². The average Bonchev–Trinajstić information content (AvgIpc) is 2.90.